The zero-order chi connectivity index (χ0) is 33.2. The molecule has 6 nitrogen and oxygen atoms in total. The van der Waals surface area contributed by atoms with Gasteiger partial charge in [-0.25, -0.2) is 0 Å². The predicted octanol–water partition coefficient (Wildman–Crippen LogP) is 6.73. The van der Waals surface area contributed by atoms with Gasteiger partial charge in [-0.2, -0.15) is 0 Å². The summed E-state index contributed by atoms with van der Waals surface area (Å²) in [6, 6.07) is 0. The number of rotatable bonds is 6. The van der Waals surface area contributed by atoms with Gasteiger partial charge in [0.15, 0.2) is 0 Å². The van der Waals surface area contributed by atoms with Gasteiger partial charge < -0.3 is 19.6 Å². The fourth-order valence-electron chi connectivity index (χ4n) is 13.0. The number of hydrogen-bond donors (Lipinski definition) is 0. The lowest BCUT2D eigenvalue weighted by Crippen LogP contribution is -2.65. The van der Waals surface area contributed by atoms with Gasteiger partial charge >= 0.3 is 0 Å². The van der Waals surface area contributed by atoms with E-state index in [1.807, 2.05) is 0 Å². The Labute approximate surface area is 281 Å². The van der Waals surface area contributed by atoms with E-state index >= 15 is 0 Å². The van der Waals surface area contributed by atoms with Gasteiger partial charge in [0.1, 0.15) is 0 Å². The summed E-state index contributed by atoms with van der Waals surface area (Å²) in [5.41, 5.74) is 2.80. The molecule has 0 unspecified atom stereocenters. The normalized spacial score (nSPS) is 43.4. The second-order valence-electron chi connectivity index (χ2n) is 18.0. The second-order valence-corrected chi connectivity index (χ2v) is 18.0. The van der Waals surface area contributed by atoms with Crippen molar-refractivity contribution in [2.24, 2.45) is 51.2 Å². The Morgan fingerprint density at radius 1 is 0.696 bits per heavy atom. The van der Waals surface area contributed by atoms with Gasteiger partial charge in [0.2, 0.25) is 11.8 Å². The van der Waals surface area contributed by atoms with E-state index in [0.29, 0.717) is 47.8 Å². The fraction of sp³-hybridized carbons (Fsp3) is 0.850. The number of nitrogens with zero attached hydrogens (tertiary/aromatic N) is 4. The summed E-state index contributed by atoms with van der Waals surface area (Å²) in [6.45, 7) is 28.8. The van der Waals surface area contributed by atoms with Crippen LogP contribution in [0.5, 0.6) is 0 Å². The lowest BCUT2D eigenvalue weighted by molar-refractivity contribution is -0.218. The first-order valence-corrected chi connectivity index (χ1v) is 18.9. The van der Waals surface area contributed by atoms with Crippen LogP contribution in [0.15, 0.2) is 24.3 Å². The van der Waals surface area contributed by atoms with Gasteiger partial charge in [-0.05, 0) is 132 Å². The zero-order valence-corrected chi connectivity index (χ0v) is 30.6. The van der Waals surface area contributed by atoms with E-state index in [1.54, 1.807) is 0 Å². The fourth-order valence-corrected chi connectivity index (χ4v) is 13.0. The highest BCUT2D eigenvalue weighted by atomic mass is 16.2. The molecule has 0 bridgehead atoms. The van der Waals surface area contributed by atoms with Crippen molar-refractivity contribution < 1.29 is 9.59 Å². The first-order chi connectivity index (χ1) is 21.7. The Balaban J connectivity index is 1.30. The van der Waals surface area contributed by atoms with Crippen LogP contribution in [0.4, 0.5) is 0 Å². The van der Waals surface area contributed by atoms with E-state index in [9.17, 15) is 9.59 Å². The van der Waals surface area contributed by atoms with Crippen LogP contribution in [0.2, 0.25) is 0 Å². The summed E-state index contributed by atoms with van der Waals surface area (Å²) < 4.78 is 0. The molecule has 0 spiro atoms. The molecule has 46 heavy (non-hydrogen) atoms. The predicted molar refractivity (Wildman–Crippen MR) is 188 cm³/mol. The minimum atomic E-state index is -0.222. The number of likely N-dealkylation sites (N-methyl/N-ethyl adjacent to an activating group) is 2. The van der Waals surface area contributed by atoms with Gasteiger partial charge in [-0.3, -0.25) is 9.59 Å². The van der Waals surface area contributed by atoms with Crippen LogP contribution in [-0.2, 0) is 9.59 Å². The number of carbonyl (C=O) groups excluding carboxylic acids is 2. The second kappa shape index (κ2) is 12.3. The van der Waals surface area contributed by atoms with Crippen LogP contribution in [0.25, 0.3) is 0 Å². The van der Waals surface area contributed by atoms with E-state index in [2.05, 4.69) is 81.5 Å². The number of allylic oxidation sites excluding steroid dienone is 2. The molecular weight excluding hydrogens is 568 g/mol. The van der Waals surface area contributed by atoms with Crippen molar-refractivity contribution in [1.82, 2.24) is 19.6 Å². The molecule has 0 aromatic rings. The van der Waals surface area contributed by atoms with Gasteiger partial charge in [-0.1, -0.05) is 45.1 Å². The Kier molecular flexibility index (Phi) is 9.18. The van der Waals surface area contributed by atoms with Crippen molar-refractivity contribution in [2.75, 3.05) is 66.5 Å². The minimum Gasteiger partial charge on any atom is -0.340 e. The molecule has 6 heteroatoms. The van der Waals surface area contributed by atoms with E-state index in [1.165, 1.54) is 36.8 Å². The number of amides is 2. The highest BCUT2D eigenvalue weighted by Gasteiger charge is 2.70. The number of hydrogen-bond acceptors (Lipinski definition) is 4. The van der Waals surface area contributed by atoms with Gasteiger partial charge in [0, 0.05) is 58.8 Å². The van der Waals surface area contributed by atoms with Crippen LogP contribution < -0.4 is 0 Å². The monoisotopic (exact) mass is 635 g/mol. The summed E-state index contributed by atoms with van der Waals surface area (Å²) in [7, 11) is 4.33. The lowest BCUT2D eigenvalue weighted by Gasteiger charge is -2.71. The van der Waals surface area contributed by atoms with Crippen LogP contribution >= 0.6 is 0 Å². The Bertz CT molecular complexity index is 1220. The Morgan fingerprint density at radius 2 is 1.30 bits per heavy atom. The molecule has 2 heterocycles. The maximum absolute atomic E-state index is 14.7. The first kappa shape index (κ1) is 34.2. The van der Waals surface area contributed by atoms with Crippen molar-refractivity contribution >= 4 is 11.8 Å². The summed E-state index contributed by atoms with van der Waals surface area (Å²) in [5.74, 6) is 3.23. The van der Waals surface area contributed by atoms with Crippen molar-refractivity contribution in [2.45, 2.75) is 98.8 Å². The average Bonchev–Trinajstić information content (AvgIpc) is 3.42. The third kappa shape index (κ3) is 5.26. The van der Waals surface area contributed by atoms with Crippen LogP contribution in [0, 0.1) is 51.2 Å². The summed E-state index contributed by atoms with van der Waals surface area (Å²) in [4.78, 5) is 37.4. The molecule has 6 rings (SSSR count). The molecule has 9 atom stereocenters. The smallest absolute Gasteiger partial charge is 0.229 e. The largest absolute Gasteiger partial charge is 0.340 e. The number of carbonyl (C=O) groups is 2. The van der Waals surface area contributed by atoms with Gasteiger partial charge in [0.05, 0.1) is 5.41 Å². The zero-order valence-electron chi connectivity index (χ0n) is 30.6. The quantitative estimate of drug-likeness (QED) is 0.304. The van der Waals surface area contributed by atoms with Crippen LogP contribution in [0.3, 0.4) is 0 Å². The molecule has 2 saturated heterocycles. The molecule has 2 amide bonds. The van der Waals surface area contributed by atoms with E-state index < -0.39 is 0 Å². The van der Waals surface area contributed by atoms with Crippen LogP contribution in [0.1, 0.15) is 98.8 Å². The highest BCUT2D eigenvalue weighted by molar-refractivity contribution is 5.84. The van der Waals surface area contributed by atoms with E-state index in [4.69, 9.17) is 0 Å². The maximum atomic E-state index is 14.7. The van der Waals surface area contributed by atoms with Crippen molar-refractivity contribution in [3.8, 4) is 0 Å². The Morgan fingerprint density at radius 3 is 1.89 bits per heavy atom. The Hall–Kier alpha value is -1.66. The summed E-state index contributed by atoms with van der Waals surface area (Å²) in [5, 5.41) is 0. The van der Waals surface area contributed by atoms with Crippen molar-refractivity contribution in [3.63, 3.8) is 0 Å². The third-order valence-electron chi connectivity index (χ3n) is 15.9. The third-order valence-corrected chi connectivity index (χ3v) is 15.9. The van der Waals surface area contributed by atoms with E-state index in [-0.39, 0.29) is 21.7 Å². The standard InChI is InChI=1S/C40H66N4O2/c1-28(2)30-12-17-40(36(46)44-26-22-42(9)23-27-44)19-18-38(6)32(35(30)40)10-11-33-37(5,31(29(3)4)13-16-39(33,38)7)15-14-34(45)43-24-20-41(8)21-25-43/h30-33,35H,1,3,10-27H2,2,4-9H3/t30-,31-,32+,33+,35+,37-,38+,39+,40-/m0/s1. The SMILES string of the molecule is C=C(C)[C@@H]1CC[C@]2(C(=O)N3CCN(C)CC3)CC[C@]3(C)[C@H](CC[C@@H]4[C@@](C)(CCC(=O)N5CCN(C)CC5)[C@H](C(=C)C)CC[C@]43C)[C@@H]12. The van der Waals surface area contributed by atoms with Crippen molar-refractivity contribution in [3.05, 3.63) is 24.3 Å². The lowest BCUT2D eigenvalue weighted by atomic mass is 9.34. The molecular formula is C40H66N4O2. The molecule has 0 aromatic heterocycles. The molecule has 0 aromatic carbocycles. The average molecular weight is 635 g/mol. The molecule has 6 fully saturated rings. The molecule has 0 radical (unpaired) electrons. The molecule has 0 N–H and O–H groups in total. The summed E-state index contributed by atoms with van der Waals surface area (Å²) in [6.07, 6.45) is 10.8. The maximum Gasteiger partial charge on any atom is 0.229 e. The topological polar surface area (TPSA) is 47.1 Å². The summed E-state index contributed by atoms with van der Waals surface area (Å²) >= 11 is 0. The minimum absolute atomic E-state index is 0.0582. The molecule has 258 valence electrons. The highest BCUT2D eigenvalue weighted by Crippen LogP contribution is 2.76. The molecule has 2 aliphatic heterocycles. The number of piperazine rings is 2. The van der Waals surface area contributed by atoms with Crippen molar-refractivity contribution in [1.29, 1.82) is 0 Å². The molecule has 4 saturated carbocycles. The first-order valence-electron chi connectivity index (χ1n) is 18.9. The molecule has 4 aliphatic carbocycles. The van der Waals surface area contributed by atoms with Gasteiger partial charge in [0.25, 0.3) is 0 Å². The number of fused-ring (bicyclic) bond motifs is 5. The molecule has 6 aliphatic rings. The van der Waals surface area contributed by atoms with Crippen LogP contribution in [-0.4, -0.2) is 97.9 Å². The van der Waals surface area contributed by atoms with E-state index in [0.717, 1.165) is 84.5 Å². The van der Waals surface area contributed by atoms with Gasteiger partial charge in [-0.15, -0.1) is 0 Å².